The van der Waals surface area contributed by atoms with Crippen molar-refractivity contribution < 1.29 is 19.2 Å². The quantitative estimate of drug-likeness (QED) is 0.262. The van der Waals surface area contributed by atoms with Gasteiger partial charge in [0.2, 0.25) is 5.91 Å². The number of carbonyl (C=O) groups excluding carboxylic acids is 1. The molecule has 3 rings (SSSR count). The number of methoxy groups -OCH3 is 1. The highest BCUT2D eigenvalue weighted by atomic mass is 35.5. The van der Waals surface area contributed by atoms with Crippen molar-refractivity contribution in [2.24, 2.45) is 0 Å². The first-order valence-corrected chi connectivity index (χ1v) is 10.8. The molecule has 0 aliphatic heterocycles. The predicted molar refractivity (Wildman–Crippen MR) is 120 cm³/mol. The zero-order valence-electron chi connectivity index (χ0n) is 17.3. The van der Waals surface area contributed by atoms with E-state index in [2.05, 4.69) is 15.5 Å². The number of aromatic nitrogens is 3. The van der Waals surface area contributed by atoms with Crippen LogP contribution in [0.3, 0.4) is 0 Å². The van der Waals surface area contributed by atoms with E-state index in [0.717, 1.165) is 5.75 Å². The molecule has 0 saturated heterocycles. The molecule has 168 valence electrons. The number of halogens is 1. The van der Waals surface area contributed by atoms with Crippen LogP contribution in [0.4, 0.5) is 11.4 Å². The fourth-order valence-electron chi connectivity index (χ4n) is 2.73. The second kappa shape index (κ2) is 10.8. The van der Waals surface area contributed by atoms with Gasteiger partial charge in [0.25, 0.3) is 5.69 Å². The molecule has 1 heterocycles. The van der Waals surface area contributed by atoms with Crippen LogP contribution >= 0.6 is 23.4 Å². The molecule has 12 heteroatoms. The molecule has 1 amide bonds. The highest BCUT2D eigenvalue weighted by Crippen LogP contribution is 2.27. The number of rotatable bonds is 10. The lowest BCUT2D eigenvalue weighted by atomic mass is 10.3. The number of anilines is 1. The molecule has 0 unspecified atom stereocenters. The minimum atomic E-state index is -0.605. The summed E-state index contributed by atoms with van der Waals surface area (Å²) in [4.78, 5) is 22.7. The maximum atomic E-state index is 12.3. The average Bonchev–Trinajstić information content (AvgIpc) is 3.19. The SMILES string of the molecule is CCn1c(COc2ccc(OC)cc2)nnc1SCC(=O)Nc1ccc(Cl)c([N+](=O)[O-])c1. The smallest absolute Gasteiger partial charge is 0.289 e. The molecule has 0 fully saturated rings. The van der Waals surface area contributed by atoms with Gasteiger partial charge in [-0.15, -0.1) is 10.2 Å². The Bertz CT molecular complexity index is 1110. The molecule has 0 aliphatic carbocycles. The van der Waals surface area contributed by atoms with E-state index >= 15 is 0 Å². The van der Waals surface area contributed by atoms with Crippen LogP contribution in [0.15, 0.2) is 47.6 Å². The normalized spacial score (nSPS) is 10.6. The van der Waals surface area contributed by atoms with Crippen LogP contribution in [-0.2, 0) is 17.9 Å². The first-order valence-electron chi connectivity index (χ1n) is 9.46. The van der Waals surface area contributed by atoms with Crippen LogP contribution in [0.2, 0.25) is 5.02 Å². The number of thioether (sulfide) groups is 1. The summed E-state index contributed by atoms with van der Waals surface area (Å²) >= 11 is 7.00. The van der Waals surface area contributed by atoms with Gasteiger partial charge >= 0.3 is 0 Å². The first kappa shape index (κ1) is 23.4. The van der Waals surface area contributed by atoms with Crippen LogP contribution in [0.5, 0.6) is 11.5 Å². The van der Waals surface area contributed by atoms with E-state index in [1.54, 1.807) is 31.4 Å². The number of carbonyl (C=O) groups is 1. The van der Waals surface area contributed by atoms with Crippen molar-refractivity contribution in [1.82, 2.24) is 14.8 Å². The topological polar surface area (TPSA) is 121 Å². The first-order chi connectivity index (χ1) is 15.4. The Balaban J connectivity index is 1.58. The second-order valence-corrected chi connectivity index (χ2v) is 7.72. The van der Waals surface area contributed by atoms with E-state index in [-0.39, 0.29) is 34.7 Å². The summed E-state index contributed by atoms with van der Waals surface area (Å²) in [5.74, 6) is 1.74. The molecule has 0 aliphatic rings. The molecule has 3 aromatic rings. The summed E-state index contributed by atoms with van der Waals surface area (Å²) in [7, 11) is 1.60. The van der Waals surface area contributed by atoms with E-state index < -0.39 is 4.92 Å². The van der Waals surface area contributed by atoms with Crippen molar-refractivity contribution in [1.29, 1.82) is 0 Å². The molecule has 0 bridgehead atoms. The average molecular weight is 478 g/mol. The lowest BCUT2D eigenvalue weighted by Crippen LogP contribution is -2.15. The Labute approximate surface area is 193 Å². The summed E-state index contributed by atoms with van der Waals surface area (Å²) in [5.41, 5.74) is 0.0154. The Kier molecular flexibility index (Phi) is 7.90. The molecule has 0 saturated carbocycles. The fraction of sp³-hybridized carbons (Fsp3) is 0.250. The van der Waals surface area contributed by atoms with Gasteiger partial charge in [-0.25, -0.2) is 0 Å². The van der Waals surface area contributed by atoms with Crippen molar-refractivity contribution in [2.45, 2.75) is 25.2 Å². The Morgan fingerprint density at radius 3 is 2.59 bits per heavy atom. The number of ether oxygens (including phenoxy) is 2. The van der Waals surface area contributed by atoms with Gasteiger partial charge in [-0.1, -0.05) is 23.4 Å². The van der Waals surface area contributed by atoms with Crippen LogP contribution in [0.25, 0.3) is 0 Å². The third kappa shape index (κ3) is 5.89. The lowest BCUT2D eigenvalue weighted by molar-refractivity contribution is -0.384. The van der Waals surface area contributed by atoms with Gasteiger partial charge in [-0.3, -0.25) is 14.9 Å². The zero-order valence-corrected chi connectivity index (χ0v) is 18.9. The molecule has 32 heavy (non-hydrogen) atoms. The molecule has 0 atom stereocenters. The van der Waals surface area contributed by atoms with E-state index in [1.165, 1.54) is 30.0 Å². The van der Waals surface area contributed by atoms with Crippen molar-refractivity contribution in [3.8, 4) is 11.5 Å². The predicted octanol–water partition coefficient (Wildman–Crippen LogP) is 4.18. The maximum Gasteiger partial charge on any atom is 0.289 e. The zero-order chi connectivity index (χ0) is 23.1. The van der Waals surface area contributed by atoms with Crippen LogP contribution in [-0.4, -0.2) is 38.5 Å². The minimum absolute atomic E-state index is 0.00260. The van der Waals surface area contributed by atoms with Gasteiger partial charge in [0.1, 0.15) is 23.1 Å². The van der Waals surface area contributed by atoms with Gasteiger partial charge in [0, 0.05) is 18.3 Å². The molecule has 1 aromatic heterocycles. The highest BCUT2D eigenvalue weighted by molar-refractivity contribution is 7.99. The Morgan fingerprint density at radius 2 is 1.94 bits per heavy atom. The summed E-state index contributed by atoms with van der Waals surface area (Å²) in [6.45, 7) is 2.76. The van der Waals surface area contributed by atoms with Gasteiger partial charge < -0.3 is 19.4 Å². The monoisotopic (exact) mass is 477 g/mol. The van der Waals surface area contributed by atoms with Gasteiger partial charge in [0.15, 0.2) is 11.0 Å². The number of amides is 1. The van der Waals surface area contributed by atoms with Crippen molar-refractivity contribution in [2.75, 3.05) is 18.2 Å². The largest absolute Gasteiger partial charge is 0.497 e. The molecule has 10 nitrogen and oxygen atoms in total. The van der Waals surface area contributed by atoms with Crippen LogP contribution in [0.1, 0.15) is 12.7 Å². The molecule has 1 N–H and O–H groups in total. The van der Waals surface area contributed by atoms with Gasteiger partial charge in [-0.05, 0) is 43.3 Å². The summed E-state index contributed by atoms with van der Waals surface area (Å²) in [6, 6.07) is 11.3. The molecular weight excluding hydrogens is 458 g/mol. The molecule has 0 spiro atoms. The Hall–Kier alpha value is -3.31. The number of hydrogen-bond donors (Lipinski definition) is 1. The van der Waals surface area contributed by atoms with E-state index in [9.17, 15) is 14.9 Å². The number of hydrogen-bond acceptors (Lipinski definition) is 8. The van der Waals surface area contributed by atoms with Crippen LogP contribution in [0, 0.1) is 10.1 Å². The third-order valence-corrected chi connectivity index (χ3v) is 5.58. The van der Waals surface area contributed by atoms with E-state index in [4.69, 9.17) is 21.1 Å². The minimum Gasteiger partial charge on any atom is -0.497 e. The van der Waals surface area contributed by atoms with Crippen molar-refractivity contribution in [3.05, 3.63) is 63.4 Å². The lowest BCUT2D eigenvalue weighted by Gasteiger charge is -2.09. The van der Waals surface area contributed by atoms with E-state index in [0.29, 0.717) is 23.3 Å². The Morgan fingerprint density at radius 1 is 1.22 bits per heavy atom. The number of nitro groups is 1. The van der Waals surface area contributed by atoms with Crippen LogP contribution < -0.4 is 14.8 Å². The number of nitrogens with zero attached hydrogens (tertiary/aromatic N) is 4. The summed E-state index contributed by atoms with van der Waals surface area (Å²) in [6.07, 6.45) is 0. The summed E-state index contributed by atoms with van der Waals surface area (Å²) in [5, 5.41) is 22.5. The summed E-state index contributed by atoms with van der Waals surface area (Å²) < 4.78 is 12.7. The molecule has 0 radical (unpaired) electrons. The standard InChI is InChI=1S/C20H20ClN5O5S/c1-3-25-18(11-31-15-7-5-14(30-2)6-8-15)23-24-20(25)32-12-19(27)22-13-4-9-16(21)17(10-13)26(28)29/h4-10H,3,11-12H2,1-2H3,(H,22,27). The fourth-order valence-corrected chi connectivity index (χ4v) is 3.74. The number of nitro benzene ring substituents is 1. The molecular formula is C20H20ClN5O5S. The van der Waals surface area contributed by atoms with E-state index in [1.807, 2.05) is 11.5 Å². The second-order valence-electron chi connectivity index (χ2n) is 6.37. The molecule has 2 aromatic carbocycles. The third-order valence-electron chi connectivity index (χ3n) is 4.30. The van der Waals surface area contributed by atoms with Gasteiger partial charge in [-0.2, -0.15) is 0 Å². The number of nitrogens with one attached hydrogen (secondary N) is 1. The highest BCUT2D eigenvalue weighted by Gasteiger charge is 2.16. The number of benzene rings is 2. The maximum absolute atomic E-state index is 12.3. The van der Waals surface area contributed by atoms with Crippen molar-refractivity contribution >= 4 is 40.6 Å². The van der Waals surface area contributed by atoms with Gasteiger partial charge in [0.05, 0.1) is 17.8 Å². The van der Waals surface area contributed by atoms with Crippen molar-refractivity contribution in [3.63, 3.8) is 0 Å².